The maximum atomic E-state index is 11.8. The highest BCUT2D eigenvalue weighted by Crippen LogP contribution is 2.18. The average molecular weight is 296 g/mol. The topological polar surface area (TPSA) is 99.0 Å². The Kier molecular flexibility index (Phi) is 6.12. The molecule has 114 valence electrons. The summed E-state index contributed by atoms with van der Waals surface area (Å²) in [5, 5.41) is 10.6. The summed E-state index contributed by atoms with van der Waals surface area (Å²) < 4.78 is 9.67. The van der Waals surface area contributed by atoms with Crippen LogP contribution < -0.4 is 4.74 Å². The Labute approximate surface area is 121 Å². The monoisotopic (exact) mass is 296 g/mol. The van der Waals surface area contributed by atoms with Gasteiger partial charge in [0.1, 0.15) is 5.75 Å². The summed E-state index contributed by atoms with van der Waals surface area (Å²) in [6.07, 6.45) is 0.0928. The molecule has 1 rings (SSSR count). The molecular formula is C13H16N2O6. The third-order valence-corrected chi connectivity index (χ3v) is 2.70. The zero-order chi connectivity index (χ0) is 15.8. The number of non-ortho nitro benzene ring substituents is 1. The highest BCUT2D eigenvalue weighted by molar-refractivity contribution is 5.78. The molecule has 0 radical (unpaired) electrons. The molecule has 0 spiro atoms. The van der Waals surface area contributed by atoms with E-state index in [2.05, 4.69) is 4.74 Å². The Hall–Kier alpha value is -2.64. The van der Waals surface area contributed by atoms with Crippen LogP contribution in [0.3, 0.4) is 0 Å². The fourth-order valence-corrected chi connectivity index (χ4v) is 1.43. The lowest BCUT2D eigenvalue weighted by Gasteiger charge is -2.16. The number of likely N-dealkylation sites (N-methyl/N-ethyl adjacent to an activating group) is 1. The molecule has 0 atom stereocenters. The predicted molar refractivity (Wildman–Crippen MR) is 72.9 cm³/mol. The normalized spacial score (nSPS) is 9.81. The molecule has 0 unspecified atom stereocenters. The molecule has 8 heteroatoms. The maximum absolute atomic E-state index is 11.8. The van der Waals surface area contributed by atoms with Crippen LogP contribution in [0.2, 0.25) is 0 Å². The van der Waals surface area contributed by atoms with Gasteiger partial charge in [0.25, 0.3) is 11.6 Å². The first kappa shape index (κ1) is 16.4. The first-order valence-corrected chi connectivity index (χ1v) is 6.12. The number of nitrogens with zero attached hydrogens (tertiary/aromatic N) is 2. The van der Waals surface area contributed by atoms with Crippen molar-refractivity contribution in [2.45, 2.75) is 6.42 Å². The third kappa shape index (κ3) is 5.47. The number of benzene rings is 1. The number of rotatable bonds is 7. The molecule has 0 N–H and O–H groups in total. The van der Waals surface area contributed by atoms with Crippen LogP contribution in [-0.2, 0) is 14.3 Å². The van der Waals surface area contributed by atoms with Gasteiger partial charge in [0, 0.05) is 19.7 Å². The van der Waals surface area contributed by atoms with E-state index >= 15 is 0 Å². The predicted octanol–water partition coefficient (Wildman–Crippen LogP) is 0.995. The summed E-state index contributed by atoms with van der Waals surface area (Å²) in [7, 11) is 2.80. The highest BCUT2D eigenvalue weighted by Gasteiger charge is 2.13. The maximum Gasteiger partial charge on any atom is 0.307 e. The molecule has 1 aromatic carbocycles. The van der Waals surface area contributed by atoms with Gasteiger partial charge in [-0.3, -0.25) is 19.7 Å². The molecular weight excluding hydrogens is 280 g/mol. The zero-order valence-corrected chi connectivity index (χ0v) is 11.8. The van der Waals surface area contributed by atoms with Crippen molar-refractivity contribution in [1.82, 2.24) is 4.90 Å². The Morgan fingerprint density at radius 1 is 1.38 bits per heavy atom. The van der Waals surface area contributed by atoms with Crippen molar-refractivity contribution in [1.29, 1.82) is 0 Å². The van der Waals surface area contributed by atoms with Crippen molar-refractivity contribution in [2.24, 2.45) is 0 Å². The van der Waals surface area contributed by atoms with E-state index in [4.69, 9.17) is 4.74 Å². The van der Waals surface area contributed by atoms with Crippen LogP contribution in [0.5, 0.6) is 5.75 Å². The molecule has 1 amide bonds. The number of hydrogen-bond donors (Lipinski definition) is 0. The van der Waals surface area contributed by atoms with Crippen LogP contribution in [0.1, 0.15) is 6.42 Å². The van der Waals surface area contributed by atoms with Gasteiger partial charge >= 0.3 is 5.97 Å². The van der Waals surface area contributed by atoms with Crippen molar-refractivity contribution in [3.8, 4) is 5.75 Å². The standard InChI is InChI=1S/C13H16N2O6/c1-14(7-6-13(17)20-2)12(16)9-21-11-5-3-4-10(8-11)15(18)19/h3-5,8H,6-7,9H2,1-2H3. The number of amides is 1. The van der Waals surface area contributed by atoms with Gasteiger partial charge in [-0.1, -0.05) is 6.07 Å². The molecule has 0 aliphatic carbocycles. The minimum absolute atomic E-state index is 0.0928. The van der Waals surface area contributed by atoms with Gasteiger partial charge < -0.3 is 14.4 Å². The molecule has 0 aliphatic rings. The van der Waals surface area contributed by atoms with Gasteiger partial charge in [0.15, 0.2) is 6.61 Å². The zero-order valence-electron chi connectivity index (χ0n) is 11.8. The SMILES string of the molecule is COC(=O)CCN(C)C(=O)COc1cccc([N+](=O)[O-])c1. The van der Waals surface area contributed by atoms with E-state index in [9.17, 15) is 19.7 Å². The molecule has 8 nitrogen and oxygen atoms in total. The molecule has 21 heavy (non-hydrogen) atoms. The third-order valence-electron chi connectivity index (χ3n) is 2.70. The minimum Gasteiger partial charge on any atom is -0.484 e. The number of carbonyl (C=O) groups excluding carboxylic acids is 2. The average Bonchev–Trinajstić information content (AvgIpc) is 2.49. The molecule has 0 fully saturated rings. The van der Waals surface area contributed by atoms with Crippen LogP contribution in [0.25, 0.3) is 0 Å². The van der Waals surface area contributed by atoms with Crippen molar-refractivity contribution < 1.29 is 24.0 Å². The van der Waals surface area contributed by atoms with Gasteiger partial charge in [0.05, 0.1) is 24.5 Å². The minimum atomic E-state index is -0.544. The summed E-state index contributed by atoms with van der Waals surface area (Å²) in [6, 6.07) is 5.56. The molecule has 0 heterocycles. The van der Waals surface area contributed by atoms with Gasteiger partial charge in [-0.25, -0.2) is 0 Å². The Bertz CT molecular complexity index is 531. The first-order valence-electron chi connectivity index (χ1n) is 6.12. The largest absolute Gasteiger partial charge is 0.484 e. The number of hydrogen-bond acceptors (Lipinski definition) is 6. The van der Waals surface area contributed by atoms with E-state index in [-0.39, 0.29) is 36.9 Å². The highest BCUT2D eigenvalue weighted by atomic mass is 16.6. The van der Waals surface area contributed by atoms with Crippen molar-refractivity contribution in [3.05, 3.63) is 34.4 Å². The quantitative estimate of drug-likeness (QED) is 0.423. The lowest BCUT2D eigenvalue weighted by Crippen LogP contribution is -2.33. The van der Waals surface area contributed by atoms with Crippen LogP contribution in [0.4, 0.5) is 5.69 Å². The Morgan fingerprint density at radius 3 is 2.71 bits per heavy atom. The van der Waals surface area contributed by atoms with Crippen molar-refractivity contribution >= 4 is 17.6 Å². The van der Waals surface area contributed by atoms with Gasteiger partial charge in [0.2, 0.25) is 0 Å². The second-order valence-corrected chi connectivity index (χ2v) is 4.18. The summed E-state index contributed by atoms with van der Waals surface area (Å²) in [6.45, 7) is -0.0529. The number of nitro groups is 1. The second-order valence-electron chi connectivity index (χ2n) is 4.18. The summed E-state index contributed by atoms with van der Waals surface area (Å²) in [5.41, 5.74) is -0.112. The molecule has 0 saturated heterocycles. The fourth-order valence-electron chi connectivity index (χ4n) is 1.43. The van der Waals surface area contributed by atoms with E-state index in [1.165, 1.54) is 43.3 Å². The van der Waals surface area contributed by atoms with Gasteiger partial charge in [-0.2, -0.15) is 0 Å². The van der Waals surface area contributed by atoms with Gasteiger partial charge in [-0.15, -0.1) is 0 Å². The Balaban J connectivity index is 2.47. The Morgan fingerprint density at radius 2 is 2.10 bits per heavy atom. The number of esters is 1. The smallest absolute Gasteiger partial charge is 0.307 e. The molecule has 0 saturated carbocycles. The second kappa shape index (κ2) is 7.83. The van der Waals surface area contributed by atoms with Crippen LogP contribution in [-0.4, -0.2) is 49.0 Å². The van der Waals surface area contributed by atoms with Crippen molar-refractivity contribution in [3.63, 3.8) is 0 Å². The van der Waals surface area contributed by atoms with E-state index in [1.807, 2.05) is 0 Å². The number of nitro benzene ring substituents is 1. The first-order chi connectivity index (χ1) is 9.93. The summed E-state index contributed by atoms with van der Waals surface area (Å²) in [5.74, 6) is -0.515. The van der Waals surface area contributed by atoms with E-state index in [0.29, 0.717) is 0 Å². The van der Waals surface area contributed by atoms with E-state index in [0.717, 1.165) is 0 Å². The fraction of sp³-hybridized carbons (Fsp3) is 0.385. The van der Waals surface area contributed by atoms with Crippen LogP contribution >= 0.6 is 0 Å². The number of methoxy groups -OCH3 is 1. The lowest BCUT2D eigenvalue weighted by atomic mass is 10.3. The summed E-state index contributed by atoms with van der Waals surface area (Å²) in [4.78, 5) is 34.1. The molecule has 1 aromatic rings. The van der Waals surface area contributed by atoms with E-state index in [1.54, 1.807) is 0 Å². The molecule has 0 bridgehead atoms. The van der Waals surface area contributed by atoms with E-state index < -0.39 is 10.9 Å². The van der Waals surface area contributed by atoms with Crippen LogP contribution in [0.15, 0.2) is 24.3 Å². The number of ether oxygens (including phenoxy) is 2. The van der Waals surface area contributed by atoms with Crippen molar-refractivity contribution in [2.75, 3.05) is 27.3 Å². The summed E-state index contributed by atoms with van der Waals surface area (Å²) >= 11 is 0. The molecule has 0 aliphatic heterocycles. The molecule has 0 aromatic heterocycles. The lowest BCUT2D eigenvalue weighted by molar-refractivity contribution is -0.384. The number of carbonyl (C=O) groups is 2. The van der Waals surface area contributed by atoms with Gasteiger partial charge in [-0.05, 0) is 6.07 Å². The van der Waals surface area contributed by atoms with Crippen LogP contribution in [0, 0.1) is 10.1 Å².